The summed E-state index contributed by atoms with van der Waals surface area (Å²) in [6.07, 6.45) is 1.92. The van der Waals surface area contributed by atoms with Crippen molar-refractivity contribution in [2.75, 3.05) is 18.1 Å². The molecule has 1 saturated heterocycles. The molecule has 0 bridgehead atoms. The van der Waals surface area contributed by atoms with Crippen molar-refractivity contribution in [1.82, 2.24) is 4.57 Å². The van der Waals surface area contributed by atoms with Gasteiger partial charge >= 0.3 is 0 Å². The van der Waals surface area contributed by atoms with E-state index < -0.39 is 17.7 Å². The summed E-state index contributed by atoms with van der Waals surface area (Å²) in [5, 5.41) is 12.5. The summed E-state index contributed by atoms with van der Waals surface area (Å²) in [6.45, 7) is 4.75. The number of ketones is 1. The quantitative estimate of drug-likeness (QED) is 0.241. The smallest absolute Gasteiger partial charge is 0.300 e. The molecular formula is C30H26N2O5. The minimum atomic E-state index is -0.819. The first-order chi connectivity index (χ1) is 17.8. The van der Waals surface area contributed by atoms with Crippen molar-refractivity contribution >= 4 is 34.0 Å². The molecule has 6 rings (SSSR count). The average Bonchev–Trinajstić information content (AvgIpc) is 3.36. The fraction of sp³-hybridized carbons (Fsp3) is 0.200. The van der Waals surface area contributed by atoms with Gasteiger partial charge in [-0.1, -0.05) is 24.3 Å². The predicted molar refractivity (Wildman–Crippen MR) is 141 cm³/mol. The van der Waals surface area contributed by atoms with Gasteiger partial charge in [0.2, 0.25) is 0 Å². The van der Waals surface area contributed by atoms with Crippen LogP contribution in [0.1, 0.15) is 28.3 Å². The van der Waals surface area contributed by atoms with Crippen molar-refractivity contribution in [1.29, 1.82) is 0 Å². The monoisotopic (exact) mass is 494 g/mol. The van der Waals surface area contributed by atoms with Gasteiger partial charge in [0.05, 0.1) is 11.6 Å². The molecule has 1 amide bonds. The van der Waals surface area contributed by atoms with Crippen molar-refractivity contribution in [2.45, 2.75) is 19.9 Å². The number of para-hydroxylation sites is 1. The summed E-state index contributed by atoms with van der Waals surface area (Å²) in [5.41, 5.74) is 4.70. The van der Waals surface area contributed by atoms with Crippen molar-refractivity contribution < 1.29 is 24.2 Å². The van der Waals surface area contributed by atoms with Crippen LogP contribution in [0.15, 0.2) is 72.4 Å². The maximum Gasteiger partial charge on any atom is 0.300 e. The van der Waals surface area contributed by atoms with Crippen LogP contribution in [-0.2, 0) is 16.6 Å². The molecule has 0 aliphatic carbocycles. The van der Waals surface area contributed by atoms with E-state index in [1.54, 1.807) is 18.2 Å². The highest BCUT2D eigenvalue weighted by molar-refractivity contribution is 6.52. The summed E-state index contributed by atoms with van der Waals surface area (Å²) in [6, 6.07) is 17.8. The molecule has 1 aromatic heterocycles. The van der Waals surface area contributed by atoms with Gasteiger partial charge in [-0.2, -0.15) is 0 Å². The van der Waals surface area contributed by atoms with E-state index in [1.165, 1.54) is 4.90 Å². The first kappa shape index (κ1) is 22.9. The number of fused-ring (bicyclic) bond motifs is 2. The van der Waals surface area contributed by atoms with E-state index in [1.807, 2.05) is 74.1 Å². The number of amides is 1. The first-order valence-corrected chi connectivity index (χ1v) is 12.2. The number of ether oxygens (including phenoxy) is 2. The van der Waals surface area contributed by atoms with Gasteiger partial charge in [-0.3, -0.25) is 14.5 Å². The van der Waals surface area contributed by atoms with Crippen LogP contribution in [0, 0.1) is 13.8 Å². The Bertz CT molecular complexity index is 1610. The third-order valence-electron chi connectivity index (χ3n) is 6.97. The largest absolute Gasteiger partial charge is 0.507 e. The maximum absolute atomic E-state index is 13.6. The molecule has 3 heterocycles. The normalized spacial score (nSPS) is 18.6. The lowest BCUT2D eigenvalue weighted by molar-refractivity contribution is -0.132. The molecule has 1 atom stereocenters. The van der Waals surface area contributed by atoms with E-state index in [9.17, 15) is 14.7 Å². The van der Waals surface area contributed by atoms with Gasteiger partial charge in [-0.25, -0.2) is 0 Å². The lowest BCUT2D eigenvalue weighted by Gasteiger charge is -2.26. The van der Waals surface area contributed by atoms with Crippen LogP contribution in [-0.4, -0.2) is 34.6 Å². The van der Waals surface area contributed by atoms with Crippen LogP contribution in [0.25, 0.3) is 16.7 Å². The number of hydrogen-bond donors (Lipinski definition) is 1. The SMILES string of the molecule is Cc1cc(C)cc(N2C(=O)C(=O)/C(=C(/O)c3ccc4c(c3)OCCO4)C2c2cn(C)c3ccccc23)c1. The van der Waals surface area contributed by atoms with E-state index in [0.717, 1.165) is 27.6 Å². The third kappa shape index (κ3) is 3.66. The lowest BCUT2D eigenvalue weighted by Crippen LogP contribution is -2.29. The average molecular weight is 495 g/mol. The van der Waals surface area contributed by atoms with Crippen molar-refractivity contribution in [2.24, 2.45) is 7.05 Å². The van der Waals surface area contributed by atoms with E-state index >= 15 is 0 Å². The number of carbonyl (C=O) groups is 2. The Hall–Kier alpha value is -4.52. The van der Waals surface area contributed by atoms with Crippen LogP contribution in [0.3, 0.4) is 0 Å². The van der Waals surface area contributed by atoms with E-state index in [2.05, 4.69) is 0 Å². The molecule has 1 fully saturated rings. The second-order valence-corrected chi connectivity index (χ2v) is 9.59. The number of anilines is 1. The van der Waals surface area contributed by atoms with E-state index in [-0.39, 0.29) is 11.3 Å². The Balaban J connectivity index is 1.61. The predicted octanol–water partition coefficient (Wildman–Crippen LogP) is 5.19. The van der Waals surface area contributed by atoms with Gasteiger partial charge < -0.3 is 19.1 Å². The van der Waals surface area contributed by atoms with Gasteiger partial charge in [0.25, 0.3) is 11.7 Å². The summed E-state index contributed by atoms with van der Waals surface area (Å²) in [7, 11) is 1.93. The third-order valence-corrected chi connectivity index (χ3v) is 6.97. The first-order valence-electron chi connectivity index (χ1n) is 12.2. The summed E-state index contributed by atoms with van der Waals surface area (Å²) >= 11 is 0. The van der Waals surface area contributed by atoms with Crippen molar-refractivity contribution in [3.05, 3.63) is 94.7 Å². The minimum absolute atomic E-state index is 0.0391. The number of Topliss-reactive ketones (excluding diaryl/α,β-unsaturated/α-hetero) is 1. The van der Waals surface area contributed by atoms with Crippen molar-refractivity contribution in [3.63, 3.8) is 0 Å². The molecule has 2 aliphatic rings. The number of aryl methyl sites for hydroxylation is 3. The van der Waals surface area contributed by atoms with Crippen LogP contribution < -0.4 is 14.4 Å². The minimum Gasteiger partial charge on any atom is -0.507 e. The molecule has 1 N–H and O–H groups in total. The molecule has 0 saturated carbocycles. The molecule has 7 heteroatoms. The van der Waals surface area contributed by atoms with Gasteiger partial charge in [-0.15, -0.1) is 0 Å². The van der Waals surface area contributed by atoms with Crippen LogP contribution in [0.2, 0.25) is 0 Å². The summed E-state index contributed by atoms with van der Waals surface area (Å²) < 4.78 is 13.3. The Kier molecular flexibility index (Phi) is 5.30. The molecule has 1 unspecified atom stereocenters. The fourth-order valence-electron chi connectivity index (χ4n) is 5.42. The lowest BCUT2D eigenvalue weighted by atomic mass is 9.94. The van der Waals surface area contributed by atoms with Crippen molar-refractivity contribution in [3.8, 4) is 11.5 Å². The summed E-state index contributed by atoms with van der Waals surface area (Å²) in [5.74, 6) is -0.601. The fourth-order valence-corrected chi connectivity index (χ4v) is 5.42. The second-order valence-electron chi connectivity index (χ2n) is 9.59. The number of aromatic nitrogens is 1. The van der Waals surface area contributed by atoms with E-state index in [4.69, 9.17) is 9.47 Å². The zero-order valence-electron chi connectivity index (χ0n) is 20.8. The standard InChI is InChI=1S/C30H26N2O5/c1-17-12-18(2)14-20(13-17)32-27(22-16-31(3)23-7-5-4-6-21(22)23)26(29(34)30(32)35)28(33)19-8-9-24-25(15-19)37-11-10-36-24/h4-9,12-16,27,33H,10-11H2,1-3H3/b28-26+. The Morgan fingerprint density at radius 1 is 0.919 bits per heavy atom. The maximum atomic E-state index is 13.6. The number of hydrogen-bond acceptors (Lipinski definition) is 5. The molecule has 186 valence electrons. The van der Waals surface area contributed by atoms with Crippen LogP contribution >= 0.6 is 0 Å². The Labute approximate surface area is 214 Å². The van der Waals surface area contributed by atoms with Gasteiger partial charge in [-0.05, 0) is 61.4 Å². The number of benzene rings is 3. The number of nitrogens with zero attached hydrogens (tertiary/aromatic N) is 2. The molecule has 4 aromatic rings. The van der Waals surface area contributed by atoms with Crippen LogP contribution in [0.5, 0.6) is 11.5 Å². The Morgan fingerprint density at radius 3 is 2.38 bits per heavy atom. The summed E-state index contributed by atoms with van der Waals surface area (Å²) in [4.78, 5) is 28.7. The number of carbonyl (C=O) groups excluding carboxylic acids is 2. The highest BCUT2D eigenvalue weighted by atomic mass is 16.6. The zero-order valence-corrected chi connectivity index (χ0v) is 20.8. The number of aliphatic hydroxyl groups is 1. The molecule has 7 nitrogen and oxygen atoms in total. The number of rotatable bonds is 3. The highest BCUT2D eigenvalue weighted by Gasteiger charge is 2.48. The van der Waals surface area contributed by atoms with Gasteiger partial charge in [0.15, 0.2) is 11.5 Å². The van der Waals surface area contributed by atoms with Gasteiger partial charge in [0.1, 0.15) is 19.0 Å². The Morgan fingerprint density at radius 2 is 1.62 bits per heavy atom. The molecule has 2 aliphatic heterocycles. The van der Waals surface area contributed by atoms with Crippen LogP contribution in [0.4, 0.5) is 5.69 Å². The topological polar surface area (TPSA) is 81.0 Å². The highest BCUT2D eigenvalue weighted by Crippen LogP contribution is 2.45. The molecule has 0 radical (unpaired) electrons. The molecule has 3 aromatic carbocycles. The van der Waals surface area contributed by atoms with Gasteiger partial charge in [0, 0.05) is 41.0 Å². The molecular weight excluding hydrogens is 468 g/mol. The molecule has 0 spiro atoms. The van der Waals surface area contributed by atoms with E-state index in [0.29, 0.717) is 36.0 Å². The zero-order chi connectivity index (χ0) is 25.8. The number of aliphatic hydroxyl groups excluding tert-OH is 1. The molecule has 37 heavy (non-hydrogen) atoms. The second kappa shape index (κ2) is 8.55.